The van der Waals surface area contributed by atoms with Crippen LogP contribution in [0.15, 0.2) is 35.7 Å². The first-order valence-corrected chi connectivity index (χ1v) is 6.72. The van der Waals surface area contributed by atoms with Crippen molar-refractivity contribution in [3.8, 4) is 0 Å². The van der Waals surface area contributed by atoms with Crippen molar-refractivity contribution in [1.29, 1.82) is 0 Å². The Morgan fingerprint density at radius 3 is 2.82 bits per heavy atom. The predicted octanol–water partition coefficient (Wildman–Crippen LogP) is 2.72. The van der Waals surface area contributed by atoms with Crippen molar-refractivity contribution in [3.63, 3.8) is 0 Å². The minimum Gasteiger partial charge on any atom is -0.375 e. The summed E-state index contributed by atoms with van der Waals surface area (Å²) in [6.07, 6.45) is 1.16. The molecule has 0 spiro atoms. The fourth-order valence-electron chi connectivity index (χ4n) is 2.36. The first kappa shape index (κ1) is 10.6. The third kappa shape index (κ3) is 2.13. The van der Waals surface area contributed by atoms with Gasteiger partial charge in [-0.15, -0.1) is 11.3 Å². The van der Waals surface area contributed by atoms with Crippen molar-refractivity contribution in [2.75, 3.05) is 23.7 Å². The highest BCUT2D eigenvalue weighted by Gasteiger charge is 2.25. The third-order valence-electron chi connectivity index (χ3n) is 3.27. The van der Waals surface area contributed by atoms with Gasteiger partial charge in [0.05, 0.1) is 5.69 Å². The second kappa shape index (κ2) is 4.37. The van der Waals surface area contributed by atoms with Gasteiger partial charge >= 0.3 is 0 Å². The number of benzene rings is 1. The fraction of sp³-hybridized carbons (Fsp3) is 0.308. The minimum absolute atomic E-state index is 0.531. The van der Waals surface area contributed by atoms with E-state index in [9.17, 15) is 0 Å². The molecule has 0 aliphatic carbocycles. The average Bonchev–Trinajstić information content (AvgIpc) is 2.98. The summed E-state index contributed by atoms with van der Waals surface area (Å²) in [7, 11) is 0. The summed E-state index contributed by atoms with van der Waals surface area (Å²) in [5.74, 6) is 0.531. The molecule has 0 amide bonds. The number of rotatable bonds is 2. The summed E-state index contributed by atoms with van der Waals surface area (Å²) in [6, 6.07) is 10.6. The Labute approximate surface area is 105 Å². The Hall–Kier alpha value is -1.55. The van der Waals surface area contributed by atoms with Crippen LogP contribution in [0.5, 0.6) is 0 Å². The Morgan fingerprint density at radius 2 is 2.12 bits per heavy atom. The van der Waals surface area contributed by atoms with E-state index in [2.05, 4.69) is 45.6 Å². The van der Waals surface area contributed by atoms with Gasteiger partial charge in [0.2, 0.25) is 0 Å². The summed E-state index contributed by atoms with van der Waals surface area (Å²) in [4.78, 5) is 6.81. The molecule has 1 saturated heterocycles. The topological polar surface area (TPSA) is 42.1 Å². The molecule has 1 aliphatic rings. The van der Waals surface area contributed by atoms with Crippen LogP contribution >= 0.6 is 11.3 Å². The molecule has 0 unspecified atom stereocenters. The Balaban J connectivity index is 1.74. The molecular formula is C13H15N3S. The minimum atomic E-state index is 0.531. The Kier molecular flexibility index (Phi) is 2.73. The van der Waals surface area contributed by atoms with E-state index in [0.717, 1.165) is 25.2 Å². The maximum atomic E-state index is 5.69. The van der Waals surface area contributed by atoms with E-state index >= 15 is 0 Å². The number of nitrogens with zero attached hydrogens (tertiary/aromatic N) is 2. The van der Waals surface area contributed by atoms with Crippen LogP contribution in [-0.2, 0) is 0 Å². The second-order valence-electron chi connectivity index (χ2n) is 4.38. The monoisotopic (exact) mass is 245 g/mol. The van der Waals surface area contributed by atoms with Crippen LogP contribution < -0.4 is 10.6 Å². The number of hydrogen-bond acceptors (Lipinski definition) is 4. The zero-order valence-electron chi connectivity index (χ0n) is 9.54. The molecule has 1 fully saturated rings. The highest BCUT2D eigenvalue weighted by molar-refractivity contribution is 7.13. The second-order valence-corrected chi connectivity index (χ2v) is 5.27. The van der Waals surface area contributed by atoms with E-state index in [1.54, 1.807) is 0 Å². The number of anilines is 2. The SMILES string of the molecule is Nc1nc([C@H]2CCN(c3ccccc3)C2)cs1. The molecule has 1 atom stereocenters. The quantitative estimate of drug-likeness (QED) is 0.884. The van der Waals surface area contributed by atoms with Crippen LogP contribution in [0, 0.1) is 0 Å². The zero-order valence-corrected chi connectivity index (χ0v) is 10.4. The fourth-order valence-corrected chi connectivity index (χ4v) is 3.01. The lowest BCUT2D eigenvalue weighted by Gasteiger charge is -2.18. The number of nitrogen functional groups attached to an aromatic ring is 1. The number of hydrogen-bond donors (Lipinski definition) is 1. The first-order valence-electron chi connectivity index (χ1n) is 5.84. The Bertz CT molecular complexity index is 494. The van der Waals surface area contributed by atoms with Crippen LogP contribution in [0.3, 0.4) is 0 Å². The van der Waals surface area contributed by atoms with Crippen molar-refractivity contribution in [1.82, 2.24) is 4.98 Å². The van der Waals surface area contributed by atoms with Crippen molar-refractivity contribution in [2.45, 2.75) is 12.3 Å². The molecule has 1 aliphatic heterocycles. The highest BCUT2D eigenvalue weighted by Crippen LogP contribution is 2.31. The van der Waals surface area contributed by atoms with E-state index in [1.165, 1.54) is 17.0 Å². The van der Waals surface area contributed by atoms with Gasteiger partial charge in [0, 0.05) is 30.1 Å². The van der Waals surface area contributed by atoms with Gasteiger partial charge in [0.15, 0.2) is 5.13 Å². The number of nitrogens with two attached hydrogens (primary N) is 1. The van der Waals surface area contributed by atoms with Gasteiger partial charge in [-0.3, -0.25) is 0 Å². The molecule has 0 radical (unpaired) electrons. The van der Waals surface area contributed by atoms with Crippen LogP contribution in [0.25, 0.3) is 0 Å². The zero-order chi connectivity index (χ0) is 11.7. The molecule has 0 bridgehead atoms. The highest BCUT2D eigenvalue weighted by atomic mass is 32.1. The molecular weight excluding hydrogens is 230 g/mol. The van der Waals surface area contributed by atoms with Crippen LogP contribution in [-0.4, -0.2) is 18.1 Å². The first-order chi connectivity index (χ1) is 8.33. The van der Waals surface area contributed by atoms with Crippen molar-refractivity contribution >= 4 is 22.2 Å². The van der Waals surface area contributed by atoms with Gasteiger partial charge in [-0.2, -0.15) is 0 Å². The van der Waals surface area contributed by atoms with Gasteiger partial charge in [0.25, 0.3) is 0 Å². The van der Waals surface area contributed by atoms with Gasteiger partial charge in [-0.05, 0) is 18.6 Å². The van der Waals surface area contributed by atoms with Crippen LogP contribution in [0.2, 0.25) is 0 Å². The molecule has 2 heterocycles. The smallest absolute Gasteiger partial charge is 0.180 e. The summed E-state index contributed by atoms with van der Waals surface area (Å²) in [5, 5.41) is 2.77. The average molecular weight is 245 g/mol. The van der Waals surface area contributed by atoms with Crippen molar-refractivity contribution < 1.29 is 0 Å². The largest absolute Gasteiger partial charge is 0.375 e. The van der Waals surface area contributed by atoms with E-state index < -0.39 is 0 Å². The molecule has 1 aromatic heterocycles. The van der Waals surface area contributed by atoms with Gasteiger partial charge < -0.3 is 10.6 Å². The van der Waals surface area contributed by atoms with Crippen LogP contribution in [0.4, 0.5) is 10.8 Å². The van der Waals surface area contributed by atoms with Gasteiger partial charge in [-0.1, -0.05) is 18.2 Å². The molecule has 88 valence electrons. The van der Waals surface area contributed by atoms with Gasteiger partial charge in [-0.25, -0.2) is 4.98 Å². The molecule has 4 heteroatoms. The van der Waals surface area contributed by atoms with Crippen molar-refractivity contribution in [3.05, 3.63) is 41.4 Å². The number of para-hydroxylation sites is 1. The lowest BCUT2D eigenvalue weighted by molar-refractivity contribution is 0.752. The molecule has 1 aromatic carbocycles. The van der Waals surface area contributed by atoms with E-state index in [1.807, 2.05) is 0 Å². The molecule has 2 aromatic rings. The lowest BCUT2D eigenvalue weighted by Crippen LogP contribution is -2.18. The summed E-state index contributed by atoms with van der Waals surface area (Å²) >= 11 is 1.54. The molecule has 3 rings (SSSR count). The lowest BCUT2D eigenvalue weighted by atomic mass is 10.1. The molecule has 2 N–H and O–H groups in total. The summed E-state index contributed by atoms with van der Waals surface area (Å²) in [6.45, 7) is 2.15. The molecule has 17 heavy (non-hydrogen) atoms. The molecule has 0 saturated carbocycles. The normalized spacial score (nSPS) is 19.8. The maximum Gasteiger partial charge on any atom is 0.180 e. The molecule has 3 nitrogen and oxygen atoms in total. The Morgan fingerprint density at radius 1 is 1.29 bits per heavy atom. The number of thiazole rings is 1. The van der Waals surface area contributed by atoms with E-state index in [4.69, 9.17) is 5.73 Å². The number of aromatic nitrogens is 1. The van der Waals surface area contributed by atoms with E-state index in [-0.39, 0.29) is 0 Å². The summed E-state index contributed by atoms with van der Waals surface area (Å²) in [5.41, 5.74) is 8.15. The van der Waals surface area contributed by atoms with E-state index in [0.29, 0.717) is 11.0 Å². The predicted molar refractivity (Wildman–Crippen MR) is 72.5 cm³/mol. The third-order valence-corrected chi connectivity index (χ3v) is 3.96. The standard InChI is InChI=1S/C13H15N3S/c14-13-15-12(9-17-13)10-6-7-16(8-10)11-4-2-1-3-5-11/h1-5,9-10H,6-8H2,(H2,14,15)/t10-/m0/s1. The summed E-state index contributed by atoms with van der Waals surface area (Å²) < 4.78 is 0. The van der Waals surface area contributed by atoms with Crippen molar-refractivity contribution in [2.24, 2.45) is 0 Å². The van der Waals surface area contributed by atoms with Gasteiger partial charge in [0.1, 0.15) is 0 Å². The maximum absolute atomic E-state index is 5.69. The van der Waals surface area contributed by atoms with Crippen LogP contribution in [0.1, 0.15) is 18.0 Å².